The van der Waals surface area contributed by atoms with Crippen molar-refractivity contribution in [3.63, 3.8) is 0 Å². The van der Waals surface area contributed by atoms with Gasteiger partial charge in [0.1, 0.15) is 22.6 Å². The number of ether oxygens (including phenoxy) is 1. The molecule has 33 heavy (non-hydrogen) atoms. The molecule has 176 valence electrons. The van der Waals surface area contributed by atoms with Gasteiger partial charge < -0.3 is 14.2 Å². The summed E-state index contributed by atoms with van der Waals surface area (Å²) in [5, 5.41) is 0. The number of carbonyl (C=O) groups excluding carboxylic acids is 1. The molecular formula is C23H30FN7O2. The normalized spacial score (nSPS) is 15.3. The monoisotopic (exact) mass is 455 g/mol. The van der Waals surface area contributed by atoms with Crippen LogP contribution < -0.4 is 0 Å². The van der Waals surface area contributed by atoms with E-state index in [4.69, 9.17) is 4.74 Å². The molecule has 10 heteroatoms. The molecule has 1 aliphatic heterocycles. The maximum Gasteiger partial charge on any atom is 0.410 e. The number of nitrogens with zero attached hydrogens (tertiary/aromatic N) is 7. The Hall–Kier alpha value is -3.14. The van der Waals surface area contributed by atoms with E-state index < -0.39 is 11.5 Å². The van der Waals surface area contributed by atoms with E-state index in [0.717, 1.165) is 5.56 Å². The molecule has 0 spiro atoms. The molecule has 0 bridgehead atoms. The van der Waals surface area contributed by atoms with Crippen LogP contribution in [0.25, 0.3) is 22.4 Å². The maximum absolute atomic E-state index is 14.8. The topological polar surface area (TPSA) is 89.3 Å². The molecule has 1 aliphatic rings. The summed E-state index contributed by atoms with van der Waals surface area (Å²) in [5.41, 5.74) is 2.37. The van der Waals surface area contributed by atoms with Crippen LogP contribution in [-0.2, 0) is 17.8 Å². The molecular weight excluding hydrogens is 425 g/mol. The van der Waals surface area contributed by atoms with Crippen LogP contribution in [0.1, 0.15) is 39.1 Å². The standard InChI is InChI=1S/C23H30FN7O2/c1-6-30-14-26-19-18(27-15(2)28-21(19)30)17-11-16(12-25-20(17)24)13-29-7-9-31(10-8-29)22(32)33-23(3,4)5/h11-12,14H,6-10,13H2,1-5H3. The van der Waals surface area contributed by atoms with Crippen LogP contribution in [0.3, 0.4) is 0 Å². The first-order valence-electron chi connectivity index (χ1n) is 11.2. The largest absolute Gasteiger partial charge is 0.444 e. The van der Waals surface area contributed by atoms with Gasteiger partial charge in [0.25, 0.3) is 0 Å². The highest BCUT2D eigenvalue weighted by Crippen LogP contribution is 2.28. The van der Waals surface area contributed by atoms with Crippen LogP contribution in [-0.4, -0.2) is 72.2 Å². The molecule has 4 heterocycles. The van der Waals surface area contributed by atoms with Gasteiger partial charge in [-0.3, -0.25) is 4.90 Å². The fourth-order valence-corrected chi connectivity index (χ4v) is 3.89. The number of carbonyl (C=O) groups is 1. The number of aryl methyl sites for hydroxylation is 2. The summed E-state index contributed by atoms with van der Waals surface area (Å²) < 4.78 is 22.1. The summed E-state index contributed by atoms with van der Waals surface area (Å²) in [5.74, 6) is -0.0327. The zero-order valence-corrected chi connectivity index (χ0v) is 19.8. The van der Waals surface area contributed by atoms with Gasteiger partial charge in [-0.1, -0.05) is 0 Å². The van der Waals surface area contributed by atoms with Crippen molar-refractivity contribution in [1.29, 1.82) is 0 Å². The number of amides is 1. The molecule has 0 saturated carbocycles. The minimum Gasteiger partial charge on any atom is -0.444 e. The Labute approximate surface area is 192 Å². The number of halogens is 1. The van der Waals surface area contributed by atoms with E-state index in [1.54, 1.807) is 30.4 Å². The SMILES string of the molecule is CCn1cnc2c(-c3cc(CN4CCN(C(=O)OC(C)(C)C)CC4)cnc3F)nc(C)nc21. The van der Waals surface area contributed by atoms with Crippen LogP contribution >= 0.6 is 0 Å². The second-order valence-electron chi connectivity index (χ2n) is 9.25. The number of fused-ring (bicyclic) bond motifs is 1. The summed E-state index contributed by atoms with van der Waals surface area (Å²) >= 11 is 0. The lowest BCUT2D eigenvalue weighted by Gasteiger charge is -2.35. The highest BCUT2D eigenvalue weighted by Gasteiger charge is 2.26. The summed E-state index contributed by atoms with van der Waals surface area (Å²) in [6.07, 6.45) is 2.96. The second kappa shape index (κ2) is 9.01. The molecule has 9 nitrogen and oxygen atoms in total. The van der Waals surface area contributed by atoms with Crippen LogP contribution in [0.15, 0.2) is 18.6 Å². The molecule has 3 aromatic rings. The molecule has 1 fully saturated rings. The van der Waals surface area contributed by atoms with Gasteiger partial charge in [0.05, 0.1) is 11.9 Å². The van der Waals surface area contributed by atoms with Gasteiger partial charge in [-0.15, -0.1) is 0 Å². The highest BCUT2D eigenvalue weighted by atomic mass is 19.1. The number of hydrogen-bond donors (Lipinski definition) is 0. The lowest BCUT2D eigenvalue weighted by Crippen LogP contribution is -2.49. The van der Waals surface area contributed by atoms with Gasteiger partial charge in [-0.2, -0.15) is 4.39 Å². The fourth-order valence-electron chi connectivity index (χ4n) is 3.89. The van der Waals surface area contributed by atoms with Crippen molar-refractivity contribution in [2.24, 2.45) is 0 Å². The third-order valence-corrected chi connectivity index (χ3v) is 5.50. The lowest BCUT2D eigenvalue weighted by molar-refractivity contribution is 0.0139. The van der Waals surface area contributed by atoms with Gasteiger partial charge in [-0.25, -0.2) is 24.7 Å². The van der Waals surface area contributed by atoms with E-state index >= 15 is 0 Å². The minimum atomic E-state index is -0.584. The first-order chi connectivity index (χ1) is 15.6. The van der Waals surface area contributed by atoms with Gasteiger partial charge in [0, 0.05) is 45.5 Å². The van der Waals surface area contributed by atoms with E-state index in [1.807, 2.05) is 32.3 Å². The van der Waals surface area contributed by atoms with E-state index in [2.05, 4.69) is 24.8 Å². The lowest BCUT2D eigenvalue weighted by atomic mass is 10.1. The quantitative estimate of drug-likeness (QED) is 0.557. The number of pyridine rings is 1. The molecule has 0 atom stereocenters. The first kappa shape index (κ1) is 23.0. The van der Waals surface area contributed by atoms with Crippen molar-refractivity contribution in [3.8, 4) is 11.3 Å². The van der Waals surface area contributed by atoms with Crippen molar-refractivity contribution in [1.82, 2.24) is 34.3 Å². The van der Waals surface area contributed by atoms with Crippen molar-refractivity contribution in [3.05, 3.63) is 35.9 Å². The van der Waals surface area contributed by atoms with E-state index in [1.165, 1.54) is 0 Å². The van der Waals surface area contributed by atoms with Crippen molar-refractivity contribution >= 4 is 17.3 Å². The summed E-state index contributed by atoms with van der Waals surface area (Å²) in [7, 11) is 0. The Morgan fingerprint density at radius 2 is 1.88 bits per heavy atom. The van der Waals surface area contributed by atoms with Crippen LogP contribution in [0.5, 0.6) is 0 Å². The Bertz CT molecular complexity index is 1160. The summed E-state index contributed by atoms with van der Waals surface area (Å²) in [6.45, 7) is 13.2. The minimum absolute atomic E-state index is 0.289. The van der Waals surface area contributed by atoms with Crippen LogP contribution in [0.4, 0.5) is 9.18 Å². The predicted octanol–water partition coefficient (Wildman–Crippen LogP) is 3.41. The third-order valence-electron chi connectivity index (χ3n) is 5.50. The molecule has 4 rings (SSSR count). The first-order valence-corrected chi connectivity index (χ1v) is 11.2. The number of hydrogen-bond acceptors (Lipinski definition) is 7. The smallest absolute Gasteiger partial charge is 0.410 e. The Kier molecular flexibility index (Phi) is 6.29. The van der Waals surface area contributed by atoms with E-state index in [0.29, 0.717) is 67.5 Å². The Morgan fingerprint density at radius 1 is 1.15 bits per heavy atom. The van der Waals surface area contributed by atoms with Crippen molar-refractivity contribution in [2.75, 3.05) is 26.2 Å². The van der Waals surface area contributed by atoms with Gasteiger partial charge in [0.2, 0.25) is 5.95 Å². The van der Waals surface area contributed by atoms with Gasteiger partial charge in [-0.05, 0) is 46.2 Å². The molecule has 0 N–H and O–H groups in total. The molecule has 0 radical (unpaired) electrons. The zero-order chi connectivity index (χ0) is 23.8. The summed E-state index contributed by atoms with van der Waals surface area (Å²) in [6, 6.07) is 1.79. The second-order valence-corrected chi connectivity index (χ2v) is 9.25. The Balaban J connectivity index is 1.51. The maximum atomic E-state index is 14.8. The zero-order valence-electron chi connectivity index (χ0n) is 19.8. The molecule has 1 saturated heterocycles. The highest BCUT2D eigenvalue weighted by molar-refractivity contribution is 5.87. The number of piperazine rings is 1. The number of rotatable bonds is 4. The number of aromatic nitrogens is 5. The molecule has 0 unspecified atom stereocenters. The third kappa shape index (κ3) is 5.11. The average molecular weight is 456 g/mol. The van der Waals surface area contributed by atoms with Crippen molar-refractivity contribution in [2.45, 2.75) is 53.3 Å². The molecule has 1 amide bonds. The summed E-state index contributed by atoms with van der Waals surface area (Å²) in [4.78, 5) is 33.6. The Morgan fingerprint density at radius 3 is 2.55 bits per heavy atom. The molecule has 3 aromatic heterocycles. The van der Waals surface area contributed by atoms with Crippen LogP contribution in [0, 0.1) is 12.9 Å². The molecule has 0 aromatic carbocycles. The van der Waals surface area contributed by atoms with E-state index in [-0.39, 0.29) is 6.09 Å². The van der Waals surface area contributed by atoms with Gasteiger partial charge in [0.15, 0.2) is 5.65 Å². The number of imidazole rings is 1. The average Bonchev–Trinajstić information content (AvgIpc) is 3.16. The van der Waals surface area contributed by atoms with Gasteiger partial charge >= 0.3 is 6.09 Å². The van der Waals surface area contributed by atoms with Crippen molar-refractivity contribution < 1.29 is 13.9 Å². The van der Waals surface area contributed by atoms with E-state index in [9.17, 15) is 9.18 Å². The molecule has 0 aliphatic carbocycles. The van der Waals surface area contributed by atoms with Crippen LogP contribution in [0.2, 0.25) is 0 Å². The predicted molar refractivity (Wildman–Crippen MR) is 122 cm³/mol. The fraction of sp³-hybridized carbons (Fsp3) is 0.522.